The summed E-state index contributed by atoms with van der Waals surface area (Å²) < 4.78 is 6.22. The molecule has 148 valence electrons. The molecule has 2 aromatic carbocycles. The van der Waals surface area contributed by atoms with E-state index in [0.717, 1.165) is 20.7 Å². The van der Waals surface area contributed by atoms with Crippen molar-refractivity contribution in [1.29, 1.82) is 0 Å². The number of thiazole rings is 1. The van der Waals surface area contributed by atoms with Crippen molar-refractivity contribution in [2.24, 2.45) is 0 Å². The summed E-state index contributed by atoms with van der Waals surface area (Å²) in [7, 11) is 0. The minimum Gasteiger partial charge on any atom is -0.467 e. The topological polar surface area (TPSA) is 92.5 Å². The first-order chi connectivity index (χ1) is 14.5. The predicted octanol–water partition coefficient (Wildman–Crippen LogP) is 4.25. The standard InChI is InChI=1S/C22H15N3O4S/c1-12-4-2-6-17-18(12)23-22(30-17)24-19(26)13-7-8-15-16(10-13)21(28)25(20(15)27)11-14-5-3-9-29-14/h2-10H,11H2,1H3,(H,23,24,26). The molecule has 3 amide bonds. The Morgan fingerprint density at radius 2 is 1.93 bits per heavy atom. The molecule has 4 aromatic rings. The molecule has 5 rings (SSSR count). The van der Waals surface area contributed by atoms with Crippen LogP contribution in [0.15, 0.2) is 59.2 Å². The van der Waals surface area contributed by atoms with Gasteiger partial charge in [-0.1, -0.05) is 23.5 Å². The van der Waals surface area contributed by atoms with Crippen LogP contribution in [0, 0.1) is 6.92 Å². The van der Waals surface area contributed by atoms with Crippen molar-refractivity contribution in [3.8, 4) is 0 Å². The molecule has 0 bridgehead atoms. The third-order valence-corrected chi connectivity index (χ3v) is 5.90. The molecule has 8 heteroatoms. The zero-order valence-corrected chi connectivity index (χ0v) is 16.7. The van der Waals surface area contributed by atoms with Crippen LogP contribution in [-0.4, -0.2) is 27.6 Å². The minimum absolute atomic E-state index is 0.0476. The molecule has 0 atom stereocenters. The summed E-state index contributed by atoms with van der Waals surface area (Å²) >= 11 is 1.38. The van der Waals surface area contributed by atoms with Crippen LogP contribution in [0.3, 0.4) is 0 Å². The van der Waals surface area contributed by atoms with Gasteiger partial charge in [0.25, 0.3) is 17.7 Å². The number of imide groups is 1. The van der Waals surface area contributed by atoms with Crippen LogP contribution in [0.2, 0.25) is 0 Å². The number of aromatic nitrogens is 1. The second-order valence-corrected chi connectivity index (χ2v) is 7.96. The first-order valence-electron chi connectivity index (χ1n) is 9.21. The van der Waals surface area contributed by atoms with E-state index in [4.69, 9.17) is 4.42 Å². The number of aryl methyl sites for hydroxylation is 1. The predicted molar refractivity (Wildman–Crippen MR) is 112 cm³/mol. The van der Waals surface area contributed by atoms with Crippen molar-refractivity contribution in [3.63, 3.8) is 0 Å². The van der Waals surface area contributed by atoms with E-state index in [1.165, 1.54) is 35.8 Å². The molecule has 0 radical (unpaired) electrons. The molecule has 0 saturated heterocycles. The molecule has 0 unspecified atom stereocenters. The summed E-state index contributed by atoms with van der Waals surface area (Å²) in [5.74, 6) is -0.732. The summed E-state index contributed by atoms with van der Waals surface area (Å²) in [4.78, 5) is 43.7. The van der Waals surface area contributed by atoms with E-state index < -0.39 is 11.8 Å². The van der Waals surface area contributed by atoms with Crippen molar-refractivity contribution in [2.45, 2.75) is 13.5 Å². The lowest BCUT2D eigenvalue weighted by atomic mass is 10.1. The van der Waals surface area contributed by atoms with Crippen LogP contribution in [0.1, 0.15) is 42.4 Å². The molecule has 1 aliphatic heterocycles. The van der Waals surface area contributed by atoms with E-state index in [1.54, 1.807) is 12.1 Å². The van der Waals surface area contributed by atoms with Gasteiger partial charge in [0, 0.05) is 5.56 Å². The van der Waals surface area contributed by atoms with Crippen molar-refractivity contribution in [1.82, 2.24) is 9.88 Å². The van der Waals surface area contributed by atoms with E-state index in [0.29, 0.717) is 10.9 Å². The van der Waals surface area contributed by atoms with Gasteiger partial charge in [0.2, 0.25) is 0 Å². The largest absolute Gasteiger partial charge is 0.467 e. The van der Waals surface area contributed by atoms with E-state index in [1.807, 2.05) is 25.1 Å². The number of carbonyl (C=O) groups excluding carboxylic acids is 3. The number of hydrogen-bond acceptors (Lipinski definition) is 6. The summed E-state index contributed by atoms with van der Waals surface area (Å²) in [5.41, 5.74) is 2.65. The van der Waals surface area contributed by atoms with E-state index in [-0.39, 0.29) is 29.1 Å². The van der Waals surface area contributed by atoms with Crippen molar-refractivity contribution >= 4 is 44.4 Å². The van der Waals surface area contributed by atoms with Gasteiger partial charge in [-0.15, -0.1) is 0 Å². The van der Waals surface area contributed by atoms with Gasteiger partial charge in [-0.05, 0) is 48.9 Å². The van der Waals surface area contributed by atoms with Gasteiger partial charge in [0.15, 0.2) is 5.13 Å². The maximum Gasteiger partial charge on any atom is 0.261 e. The molecule has 0 spiro atoms. The molecule has 0 aliphatic carbocycles. The molecule has 1 N–H and O–H groups in total. The number of para-hydroxylation sites is 1. The number of anilines is 1. The highest BCUT2D eigenvalue weighted by Crippen LogP contribution is 2.29. The number of rotatable bonds is 4. The first-order valence-corrected chi connectivity index (χ1v) is 10.0. The molecule has 3 heterocycles. The van der Waals surface area contributed by atoms with Gasteiger partial charge in [-0.25, -0.2) is 4.98 Å². The summed E-state index contributed by atoms with van der Waals surface area (Å²) in [6.07, 6.45) is 1.49. The zero-order valence-electron chi connectivity index (χ0n) is 15.8. The number of nitrogens with one attached hydrogen (secondary N) is 1. The first kappa shape index (κ1) is 18.3. The zero-order chi connectivity index (χ0) is 20.8. The second kappa shape index (κ2) is 6.93. The van der Waals surface area contributed by atoms with Crippen LogP contribution in [0.25, 0.3) is 10.2 Å². The van der Waals surface area contributed by atoms with Crippen molar-refractivity contribution < 1.29 is 18.8 Å². The molecule has 7 nitrogen and oxygen atoms in total. The Morgan fingerprint density at radius 3 is 2.70 bits per heavy atom. The van der Waals surface area contributed by atoms with E-state index in [2.05, 4.69) is 10.3 Å². The number of furan rings is 1. The average molecular weight is 417 g/mol. The lowest BCUT2D eigenvalue weighted by molar-refractivity contribution is 0.0631. The number of hydrogen-bond donors (Lipinski definition) is 1. The second-order valence-electron chi connectivity index (χ2n) is 6.93. The summed E-state index contributed by atoms with van der Waals surface area (Å²) in [5, 5.41) is 3.26. The third-order valence-electron chi connectivity index (χ3n) is 4.97. The molecule has 1 aliphatic rings. The minimum atomic E-state index is -0.448. The number of nitrogens with zero attached hydrogens (tertiary/aromatic N) is 2. The SMILES string of the molecule is Cc1cccc2sc(NC(=O)c3ccc4c(c3)C(=O)N(Cc3ccco3)C4=O)nc12. The Balaban J connectivity index is 1.40. The molecule has 2 aromatic heterocycles. The van der Waals surface area contributed by atoms with Crippen LogP contribution in [0.5, 0.6) is 0 Å². The van der Waals surface area contributed by atoms with Gasteiger partial charge >= 0.3 is 0 Å². The van der Waals surface area contributed by atoms with Gasteiger partial charge in [0.1, 0.15) is 5.76 Å². The summed E-state index contributed by atoms with van der Waals surface area (Å²) in [6, 6.07) is 13.7. The lowest BCUT2D eigenvalue weighted by Gasteiger charge is -2.11. The quantitative estimate of drug-likeness (QED) is 0.501. The van der Waals surface area contributed by atoms with Gasteiger partial charge < -0.3 is 4.42 Å². The fraction of sp³-hybridized carbons (Fsp3) is 0.0909. The smallest absolute Gasteiger partial charge is 0.261 e. The van der Waals surface area contributed by atoms with Crippen LogP contribution in [-0.2, 0) is 6.54 Å². The lowest BCUT2D eigenvalue weighted by Crippen LogP contribution is -2.28. The Morgan fingerprint density at radius 1 is 1.10 bits per heavy atom. The van der Waals surface area contributed by atoms with Crippen LogP contribution < -0.4 is 5.32 Å². The highest BCUT2D eigenvalue weighted by atomic mass is 32.1. The maximum atomic E-state index is 12.7. The normalized spacial score (nSPS) is 13.2. The average Bonchev–Trinajstić information content (AvgIpc) is 3.45. The van der Waals surface area contributed by atoms with E-state index in [9.17, 15) is 14.4 Å². The van der Waals surface area contributed by atoms with E-state index >= 15 is 0 Å². The Kier molecular flexibility index (Phi) is 4.22. The Labute approximate surface area is 174 Å². The van der Waals surface area contributed by atoms with Crippen LogP contribution in [0.4, 0.5) is 5.13 Å². The van der Waals surface area contributed by atoms with Gasteiger partial charge in [-0.3, -0.25) is 24.6 Å². The molecule has 0 fully saturated rings. The Bertz CT molecular complexity index is 1320. The Hall–Kier alpha value is -3.78. The van der Waals surface area contributed by atoms with Crippen molar-refractivity contribution in [2.75, 3.05) is 5.32 Å². The fourth-order valence-electron chi connectivity index (χ4n) is 3.44. The third kappa shape index (κ3) is 2.98. The van der Waals surface area contributed by atoms with Crippen LogP contribution >= 0.6 is 11.3 Å². The molecule has 0 saturated carbocycles. The number of carbonyl (C=O) groups is 3. The monoisotopic (exact) mass is 417 g/mol. The van der Waals surface area contributed by atoms with Gasteiger partial charge in [0.05, 0.1) is 34.2 Å². The maximum absolute atomic E-state index is 12.7. The number of fused-ring (bicyclic) bond motifs is 2. The van der Waals surface area contributed by atoms with Gasteiger partial charge in [-0.2, -0.15) is 0 Å². The highest BCUT2D eigenvalue weighted by molar-refractivity contribution is 7.22. The summed E-state index contributed by atoms with van der Waals surface area (Å²) in [6.45, 7) is 2.01. The molecular formula is C22H15N3O4S. The number of amides is 3. The number of benzene rings is 2. The fourth-order valence-corrected chi connectivity index (χ4v) is 4.38. The highest BCUT2D eigenvalue weighted by Gasteiger charge is 2.36. The molecule has 30 heavy (non-hydrogen) atoms. The van der Waals surface area contributed by atoms with Crippen molar-refractivity contribution in [3.05, 3.63) is 82.8 Å². The molecular weight excluding hydrogens is 402 g/mol.